The summed E-state index contributed by atoms with van der Waals surface area (Å²) in [6, 6.07) is 10.2. The van der Waals surface area contributed by atoms with Gasteiger partial charge in [-0.25, -0.2) is 9.97 Å². The van der Waals surface area contributed by atoms with Crippen LogP contribution in [0.25, 0.3) is 10.5 Å². The van der Waals surface area contributed by atoms with E-state index in [-0.39, 0.29) is 6.04 Å². The van der Waals surface area contributed by atoms with E-state index in [1.54, 1.807) is 11.3 Å². The number of hydrogen-bond donors (Lipinski definition) is 0. The highest BCUT2D eigenvalue weighted by molar-refractivity contribution is 7.21. The van der Waals surface area contributed by atoms with Crippen LogP contribution in [-0.4, -0.2) is 33.3 Å². The average Bonchev–Trinajstić information content (AvgIpc) is 3.28. The maximum atomic E-state index is 12.9. The lowest BCUT2D eigenvalue weighted by atomic mass is 10.0. The summed E-state index contributed by atoms with van der Waals surface area (Å²) in [5.41, 5.74) is 3.02. The number of hydrogen-bond acceptors (Lipinski definition) is 6. The molecule has 1 aromatic carbocycles. The van der Waals surface area contributed by atoms with Crippen molar-refractivity contribution in [1.29, 1.82) is 0 Å². The molecule has 27 heavy (non-hydrogen) atoms. The molecule has 1 atom stereocenters. The molecule has 138 valence electrons. The number of nitrogens with zero attached hydrogens (tertiary/aromatic N) is 4. The largest absolute Gasteiger partial charge is 0.338 e. The Kier molecular flexibility index (Phi) is 4.36. The van der Waals surface area contributed by atoms with Gasteiger partial charge >= 0.3 is 0 Å². The number of anilines is 1. The quantitative estimate of drug-likeness (QED) is 0.645. The predicted octanol–water partition coefficient (Wildman–Crippen LogP) is 4.13. The number of Topliss-reactive ketones (excluding diaryl/α,β-unsaturated/α-hetero) is 1. The van der Waals surface area contributed by atoms with Gasteiger partial charge in [-0.05, 0) is 37.7 Å². The van der Waals surface area contributed by atoms with Gasteiger partial charge in [0, 0.05) is 18.9 Å². The molecule has 2 aliphatic rings. The molecule has 5 nitrogen and oxygen atoms in total. The first kappa shape index (κ1) is 16.8. The van der Waals surface area contributed by atoms with Crippen LogP contribution >= 0.6 is 11.3 Å². The van der Waals surface area contributed by atoms with E-state index in [9.17, 15) is 4.79 Å². The van der Waals surface area contributed by atoms with Crippen LogP contribution in [0.1, 0.15) is 49.3 Å². The molecule has 0 unspecified atom stereocenters. The second kappa shape index (κ2) is 7.00. The second-order valence-electron chi connectivity index (χ2n) is 7.50. The molecule has 0 bridgehead atoms. The number of aromatic nitrogens is 3. The molecule has 6 heteroatoms. The summed E-state index contributed by atoms with van der Waals surface area (Å²) in [4.78, 5) is 29.9. The van der Waals surface area contributed by atoms with Crippen molar-refractivity contribution in [2.45, 2.75) is 50.5 Å². The van der Waals surface area contributed by atoms with Gasteiger partial charge in [0.2, 0.25) is 0 Å². The molecule has 1 saturated heterocycles. The number of carbonyl (C=O) groups is 1. The first-order chi connectivity index (χ1) is 13.3. The van der Waals surface area contributed by atoms with Gasteiger partial charge in [-0.3, -0.25) is 4.79 Å². The zero-order valence-corrected chi connectivity index (χ0v) is 16.0. The first-order valence-corrected chi connectivity index (χ1v) is 10.6. The SMILES string of the molecule is O=C(CCc1ccccc1)[C@H]1CCCN1c1nc2ncc(C3CC3)nc2s1. The van der Waals surface area contributed by atoms with Crippen LogP contribution < -0.4 is 4.90 Å². The van der Waals surface area contributed by atoms with Gasteiger partial charge in [0.05, 0.1) is 17.9 Å². The smallest absolute Gasteiger partial charge is 0.191 e. The lowest BCUT2D eigenvalue weighted by Crippen LogP contribution is -2.36. The highest BCUT2D eigenvalue weighted by Crippen LogP contribution is 2.40. The van der Waals surface area contributed by atoms with E-state index in [4.69, 9.17) is 4.98 Å². The van der Waals surface area contributed by atoms with Crippen molar-refractivity contribution >= 4 is 32.7 Å². The topological polar surface area (TPSA) is 59.0 Å². The summed E-state index contributed by atoms with van der Waals surface area (Å²) < 4.78 is 0. The monoisotopic (exact) mass is 378 g/mol. The van der Waals surface area contributed by atoms with E-state index < -0.39 is 0 Å². The molecule has 0 spiro atoms. The molecule has 3 heterocycles. The van der Waals surface area contributed by atoms with Crippen LogP contribution in [0.15, 0.2) is 36.5 Å². The summed E-state index contributed by atoms with van der Waals surface area (Å²) in [5.74, 6) is 0.904. The molecule has 3 aromatic rings. The molecule has 1 saturated carbocycles. The van der Waals surface area contributed by atoms with Crippen molar-refractivity contribution in [2.24, 2.45) is 0 Å². The maximum Gasteiger partial charge on any atom is 0.191 e. The fraction of sp³-hybridized carbons (Fsp3) is 0.429. The van der Waals surface area contributed by atoms with Gasteiger partial charge in [0.1, 0.15) is 0 Å². The summed E-state index contributed by atoms with van der Waals surface area (Å²) >= 11 is 1.58. The molecular weight excluding hydrogens is 356 g/mol. The minimum absolute atomic E-state index is 0.0582. The fourth-order valence-electron chi connectivity index (χ4n) is 3.83. The van der Waals surface area contributed by atoms with Crippen LogP contribution in [0, 0.1) is 0 Å². The Hall–Kier alpha value is -2.34. The Balaban J connectivity index is 1.32. The minimum Gasteiger partial charge on any atom is -0.338 e. The normalized spacial score (nSPS) is 19.7. The van der Waals surface area contributed by atoms with Crippen molar-refractivity contribution in [3.05, 3.63) is 47.8 Å². The van der Waals surface area contributed by atoms with Crippen molar-refractivity contribution in [3.63, 3.8) is 0 Å². The molecule has 2 fully saturated rings. The van der Waals surface area contributed by atoms with E-state index in [1.165, 1.54) is 18.4 Å². The standard InChI is InChI=1S/C21H22N4OS/c26-18(11-8-14-5-2-1-3-6-14)17-7-4-12-25(17)21-24-19-20(27-21)23-16(13-22-19)15-9-10-15/h1-3,5-6,13,15,17H,4,7-12H2/t17-/m1/s1. The number of carbonyl (C=O) groups excluding carboxylic acids is 1. The van der Waals surface area contributed by atoms with E-state index >= 15 is 0 Å². The Morgan fingerprint density at radius 1 is 1.15 bits per heavy atom. The molecule has 0 N–H and O–H groups in total. The van der Waals surface area contributed by atoms with E-state index in [2.05, 4.69) is 27.0 Å². The molecule has 0 amide bonds. The van der Waals surface area contributed by atoms with Crippen LogP contribution in [0.4, 0.5) is 5.13 Å². The van der Waals surface area contributed by atoms with E-state index in [1.807, 2.05) is 24.4 Å². The summed E-state index contributed by atoms with van der Waals surface area (Å²) in [6.07, 6.45) is 7.64. The van der Waals surface area contributed by atoms with Crippen LogP contribution in [0.3, 0.4) is 0 Å². The van der Waals surface area contributed by atoms with Crippen molar-refractivity contribution in [1.82, 2.24) is 15.0 Å². The number of ketones is 1. The number of thiazole rings is 1. The minimum atomic E-state index is -0.0582. The third kappa shape index (κ3) is 3.46. The van der Waals surface area contributed by atoms with Crippen LogP contribution in [0.2, 0.25) is 0 Å². The van der Waals surface area contributed by atoms with Gasteiger partial charge in [0.15, 0.2) is 21.4 Å². The number of benzene rings is 1. The van der Waals surface area contributed by atoms with Gasteiger partial charge in [-0.15, -0.1) is 0 Å². The lowest BCUT2D eigenvalue weighted by Gasteiger charge is -2.22. The molecular formula is C21H22N4OS. The fourth-order valence-corrected chi connectivity index (χ4v) is 4.81. The predicted molar refractivity (Wildman–Crippen MR) is 107 cm³/mol. The van der Waals surface area contributed by atoms with Crippen molar-refractivity contribution in [2.75, 3.05) is 11.4 Å². The summed E-state index contributed by atoms with van der Waals surface area (Å²) in [6.45, 7) is 0.886. The Morgan fingerprint density at radius 3 is 2.81 bits per heavy atom. The lowest BCUT2D eigenvalue weighted by molar-refractivity contribution is -0.120. The molecule has 1 aliphatic heterocycles. The number of aryl methyl sites for hydroxylation is 1. The van der Waals surface area contributed by atoms with E-state index in [0.29, 0.717) is 23.8 Å². The Bertz CT molecular complexity index is 967. The van der Waals surface area contributed by atoms with Crippen molar-refractivity contribution in [3.8, 4) is 0 Å². The number of fused-ring (bicyclic) bond motifs is 1. The Morgan fingerprint density at radius 2 is 2.00 bits per heavy atom. The average molecular weight is 379 g/mol. The molecule has 1 aliphatic carbocycles. The Labute approximate surface area is 162 Å². The summed E-state index contributed by atoms with van der Waals surface area (Å²) in [7, 11) is 0. The molecule has 2 aromatic heterocycles. The highest BCUT2D eigenvalue weighted by atomic mass is 32.1. The second-order valence-corrected chi connectivity index (χ2v) is 8.45. The van der Waals surface area contributed by atoms with Gasteiger partial charge < -0.3 is 4.90 Å². The maximum absolute atomic E-state index is 12.9. The van der Waals surface area contributed by atoms with Gasteiger partial charge in [0.25, 0.3) is 0 Å². The summed E-state index contributed by atoms with van der Waals surface area (Å²) in [5, 5.41) is 0.897. The van der Waals surface area contributed by atoms with Gasteiger partial charge in [-0.2, -0.15) is 4.98 Å². The first-order valence-electron chi connectivity index (χ1n) is 9.75. The number of rotatable bonds is 6. The van der Waals surface area contributed by atoms with E-state index in [0.717, 1.165) is 41.5 Å². The van der Waals surface area contributed by atoms with Gasteiger partial charge in [-0.1, -0.05) is 41.7 Å². The van der Waals surface area contributed by atoms with Crippen LogP contribution in [0.5, 0.6) is 0 Å². The molecule has 5 rings (SSSR count). The van der Waals surface area contributed by atoms with Crippen LogP contribution in [-0.2, 0) is 11.2 Å². The zero-order valence-electron chi connectivity index (χ0n) is 15.2. The highest BCUT2D eigenvalue weighted by Gasteiger charge is 2.33. The molecule has 0 radical (unpaired) electrons. The zero-order chi connectivity index (χ0) is 18.2. The van der Waals surface area contributed by atoms with Crippen molar-refractivity contribution < 1.29 is 4.79 Å². The third-order valence-electron chi connectivity index (χ3n) is 5.50. The third-order valence-corrected chi connectivity index (χ3v) is 6.47.